The summed E-state index contributed by atoms with van der Waals surface area (Å²) in [4.78, 5) is 37.8. The standard InChI is InChI=1S/C17H13N3O5/c1-25-17(22)11-7-3-5-9-13(11)19-16-14(20(23)24)15(21)10-6-2-4-8-12(10)18-16/h2-9H,1H3,(H2,18,19,21). The van der Waals surface area contributed by atoms with Crippen LogP contribution in [0.5, 0.6) is 0 Å². The molecule has 2 aromatic carbocycles. The normalized spacial score (nSPS) is 10.4. The molecule has 126 valence electrons. The average Bonchev–Trinajstić information content (AvgIpc) is 2.61. The number of rotatable bonds is 4. The monoisotopic (exact) mass is 339 g/mol. The molecule has 0 fully saturated rings. The summed E-state index contributed by atoms with van der Waals surface area (Å²) in [7, 11) is 1.24. The highest BCUT2D eigenvalue weighted by molar-refractivity contribution is 5.97. The largest absolute Gasteiger partial charge is 0.465 e. The lowest BCUT2D eigenvalue weighted by Crippen LogP contribution is -2.14. The number of carbonyl (C=O) groups is 1. The molecule has 8 nitrogen and oxygen atoms in total. The minimum Gasteiger partial charge on any atom is -0.465 e. The maximum Gasteiger partial charge on any atom is 0.357 e. The van der Waals surface area contributed by atoms with Gasteiger partial charge in [-0.1, -0.05) is 24.3 Å². The Hall–Kier alpha value is -3.68. The molecule has 0 saturated carbocycles. The topological polar surface area (TPSA) is 114 Å². The van der Waals surface area contributed by atoms with Crippen molar-refractivity contribution < 1.29 is 14.5 Å². The number of anilines is 2. The highest BCUT2D eigenvalue weighted by Gasteiger charge is 2.23. The van der Waals surface area contributed by atoms with Crippen LogP contribution in [-0.2, 0) is 4.74 Å². The minimum atomic E-state index is -0.756. The molecule has 3 rings (SSSR count). The first-order valence-electron chi connectivity index (χ1n) is 7.26. The van der Waals surface area contributed by atoms with Crippen LogP contribution in [0.2, 0.25) is 0 Å². The molecule has 0 aliphatic carbocycles. The summed E-state index contributed by atoms with van der Waals surface area (Å²) in [6, 6.07) is 12.8. The number of hydrogen-bond donors (Lipinski definition) is 2. The number of benzene rings is 2. The van der Waals surface area contributed by atoms with Crippen molar-refractivity contribution in [1.82, 2.24) is 4.98 Å². The molecule has 8 heteroatoms. The molecule has 3 aromatic rings. The van der Waals surface area contributed by atoms with Gasteiger partial charge in [0.15, 0.2) is 5.82 Å². The van der Waals surface area contributed by atoms with Gasteiger partial charge in [0.1, 0.15) is 0 Å². The zero-order valence-corrected chi connectivity index (χ0v) is 13.1. The van der Waals surface area contributed by atoms with E-state index in [0.717, 1.165) is 0 Å². The van der Waals surface area contributed by atoms with Gasteiger partial charge in [-0.05, 0) is 24.3 Å². The van der Waals surface area contributed by atoms with E-state index >= 15 is 0 Å². The SMILES string of the molecule is COC(=O)c1ccccc1Nc1[nH]c2ccccc2c(=O)c1[N+](=O)[O-]. The molecule has 0 spiro atoms. The highest BCUT2D eigenvalue weighted by Crippen LogP contribution is 2.27. The Kier molecular flexibility index (Phi) is 4.17. The predicted octanol–water partition coefficient (Wildman–Crippen LogP) is 2.97. The quantitative estimate of drug-likeness (QED) is 0.429. The molecule has 0 bridgehead atoms. The molecule has 0 unspecified atom stereocenters. The summed E-state index contributed by atoms with van der Waals surface area (Å²) < 4.78 is 4.70. The second-order valence-corrected chi connectivity index (χ2v) is 5.14. The Labute approximate surface area is 141 Å². The number of methoxy groups -OCH3 is 1. The fraction of sp³-hybridized carbons (Fsp3) is 0.0588. The summed E-state index contributed by atoms with van der Waals surface area (Å²) in [5.41, 5.74) is -0.427. The van der Waals surface area contributed by atoms with Crippen molar-refractivity contribution in [3.05, 3.63) is 74.4 Å². The maximum atomic E-state index is 12.5. The number of H-pyrrole nitrogens is 1. The number of hydrogen-bond acceptors (Lipinski definition) is 6. The van der Waals surface area contributed by atoms with E-state index in [9.17, 15) is 19.7 Å². The molecule has 0 aliphatic heterocycles. The third-order valence-corrected chi connectivity index (χ3v) is 3.66. The first kappa shape index (κ1) is 16.2. The molecule has 0 radical (unpaired) electrons. The Morgan fingerprint density at radius 2 is 1.84 bits per heavy atom. The number of nitro groups is 1. The fourth-order valence-electron chi connectivity index (χ4n) is 2.50. The first-order chi connectivity index (χ1) is 12.0. The smallest absolute Gasteiger partial charge is 0.357 e. The van der Waals surface area contributed by atoms with Gasteiger partial charge in [-0.25, -0.2) is 4.79 Å². The Morgan fingerprint density at radius 1 is 1.16 bits per heavy atom. The van der Waals surface area contributed by atoms with Crippen molar-refractivity contribution >= 4 is 34.1 Å². The first-order valence-corrected chi connectivity index (χ1v) is 7.26. The minimum absolute atomic E-state index is 0.106. The summed E-state index contributed by atoms with van der Waals surface area (Å²) in [6.45, 7) is 0. The van der Waals surface area contributed by atoms with E-state index in [4.69, 9.17) is 4.74 Å². The summed E-state index contributed by atoms with van der Waals surface area (Å²) in [5, 5.41) is 14.4. The molecule has 0 atom stereocenters. The van der Waals surface area contributed by atoms with E-state index in [-0.39, 0.29) is 22.5 Å². The van der Waals surface area contributed by atoms with Gasteiger partial charge in [-0.3, -0.25) is 14.9 Å². The predicted molar refractivity (Wildman–Crippen MR) is 92.3 cm³/mol. The molecule has 0 aliphatic rings. The number of ether oxygens (including phenoxy) is 1. The number of carbonyl (C=O) groups excluding carboxylic acids is 1. The molecule has 2 N–H and O–H groups in total. The van der Waals surface area contributed by atoms with E-state index in [1.165, 1.54) is 19.2 Å². The van der Waals surface area contributed by atoms with E-state index in [1.807, 2.05) is 0 Å². The van der Waals surface area contributed by atoms with Gasteiger partial charge in [-0.2, -0.15) is 0 Å². The van der Waals surface area contributed by atoms with Crippen LogP contribution in [0.4, 0.5) is 17.2 Å². The van der Waals surface area contributed by atoms with Crippen molar-refractivity contribution in [3.8, 4) is 0 Å². The summed E-state index contributed by atoms with van der Waals surface area (Å²) in [5.74, 6) is -0.709. The van der Waals surface area contributed by atoms with Gasteiger partial charge >= 0.3 is 11.7 Å². The van der Waals surface area contributed by atoms with Gasteiger partial charge in [0.25, 0.3) is 5.43 Å². The average molecular weight is 339 g/mol. The number of aromatic amines is 1. The second-order valence-electron chi connectivity index (χ2n) is 5.14. The third-order valence-electron chi connectivity index (χ3n) is 3.66. The van der Waals surface area contributed by atoms with Crippen LogP contribution in [-0.4, -0.2) is 23.0 Å². The van der Waals surface area contributed by atoms with E-state index in [0.29, 0.717) is 5.52 Å². The van der Waals surface area contributed by atoms with Crippen molar-refractivity contribution in [3.63, 3.8) is 0 Å². The number of pyridine rings is 1. The summed E-state index contributed by atoms with van der Waals surface area (Å²) >= 11 is 0. The number of aromatic nitrogens is 1. The van der Waals surface area contributed by atoms with Crippen molar-refractivity contribution in [2.45, 2.75) is 0 Å². The molecule has 0 saturated heterocycles. The van der Waals surface area contributed by atoms with Crippen LogP contribution in [0.3, 0.4) is 0 Å². The Balaban J connectivity index is 2.20. The van der Waals surface area contributed by atoms with Crippen LogP contribution in [0.1, 0.15) is 10.4 Å². The summed E-state index contributed by atoms with van der Waals surface area (Å²) in [6.07, 6.45) is 0. The van der Waals surface area contributed by atoms with Gasteiger partial charge in [0.2, 0.25) is 0 Å². The van der Waals surface area contributed by atoms with Crippen molar-refractivity contribution in [2.24, 2.45) is 0 Å². The van der Waals surface area contributed by atoms with Gasteiger partial charge in [-0.15, -0.1) is 0 Å². The van der Waals surface area contributed by atoms with Gasteiger partial charge in [0, 0.05) is 0 Å². The zero-order valence-electron chi connectivity index (χ0n) is 13.1. The molecular weight excluding hydrogens is 326 g/mol. The highest BCUT2D eigenvalue weighted by atomic mass is 16.6. The molecule has 1 heterocycles. The Morgan fingerprint density at radius 3 is 2.56 bits per heavy atom. The molecule has 0 amide bonds. The molecule has 25 heavy (non-hydrogen) atoms. The number of nitrogens with one attached hydrogen (secondary N) is 2. The van der Waals surface area contributed by atoms with Crippen LogP contribution in [0, 0.1) is 10.1 Å². The lowest BCUT2D eigenvalue weighted by molar-refractivity contribution is -0.385. The number of para-hydroxylation sites is 2. The number of esters is 1. The molecular formula is C17H13N3O5. The third kappa shape index (κ3) is 2.92. The van der Waals surface area contributed by atoms with Crippen molar-refractivity contribution in [1.29, 1.82) is 0 Å². The van der Waals surface area contributed by atoms with E-state index in [2.05, 4.69) is 10.3 Å². The second kappa shape index (κ2) is 6.44. The van der Waals surface area contributed by atoms with E-state index in [1.54, 1.807) is 36.4 Å². The van der Waals surface area contributed by atoms with Gasteiger partial charge < -0.3 is 15.0 Å². The van der Waals surface area contributed by atoms with E-state index < -0.39 is 22.0 Å². The van der Waals surface area contributed by atoms with Crippen LogP contribution < -0.4 is 10.7 Å². The number of fused-ring (bicyclic) bond motifs is 1. The van der Waals surface area contributed by atoms with Crippen LogP contribution in [0.15, 0.2) is 53.3 Å². The maximum absolute atomic E-state index is 12.5. The lowest BCUT2D eigenvalue weighted by atomic mass is 10.1. The van der Waals surface area contributed by atoms with Gasteiger partial charge in [0.05, 0.1) is 34.2 Å². The number of nitrogens with zero attached hydrogens (tertiary/aromatic N) is 1. The van der Waals surface area contributed by atoms with Crippen LogP contribution >= 0.6 is 0 Å². The zero-order chi connectivity index (χ0) is 18.0. The van der Waals surface area contributed by atoms with Crippen LogP contribution in [0.25, 0.3) is 10.9 Å². The lowest BCUT2D eigenvalue weighted by Gasteiger charge is -2.11. The molecule has 1 aromatic heterocycles. The Bertz CT molecular complexity index is 1040. The fourth-order valence-corrected chi connectivity index (χ4v) is 2.50. The van der Waals surface area contributed by atoms with Crippen molar-refractivity contribution in [2.75, 3.05) is 12.4 Å².